The third-order valence-electron chi connectivity index (χ3n) is 4.54. The molecule has 2 aliphatic rings. The first kappa shape index (κ1) is 13.8. The summed E-state index contributed by atoms with van der Waals surface area (Å²) >= 11 is 0. The second kappa shape index (κ2) is 6.55. The summed E-state index contributed by atoms with van der Waals surface area (Å²) in [4.78, 5) is 4.20. The molecule has 1 aliphatic heterocycles. The Morgan fingerprint density at radius 1 is 1.40 bits per heavy atom. The van der Waals surface area contributed by atoms with Gasteiger partial charge in [0.15, 0.2) is 0 Å². The van der Waals surface area contributed by atoms with Gasteiger partial charge in [-0.2, -0.15) is 0 Å². The van der Waals surface area contributed by atoms with Gasteiger partial charge in [0, 0.05) is 19.7 Å². The highest BCUT2D eigenvalue weighted by Crippen LogP contribution is 2.28. The Labute approximate surface area is 121 Å². The number of aryl methyl sites for hydroxylation is 1. The number of hydrogen-bond acceptors (Lipinski definition) is 3. The molecule has 1 aliphatic carbocycles. The molecular weight excluding hydrogens is 250 g/mol. The van der Waals surface area contributed by atoms with Crippen LogP contribution in [0.3, 0.4) is 0 Å². The summed E-state index contributed by atoms with van der Waals surface area (Å²) in [6, 6.07) is 0.578. The zero-order valence-corrected chi connectivity index (χ0v) is 12.3. The molecule has 0 saturated carbocycles. The Morgan fingerprint density at radius 3 is 3.10 bits per heavy atom. The van der Waals surface area contributed by atoms with Crippen molar-refractivity contribution in [2.75, 3.05) is 13.2 Å². The summed E-state index contributed by atoms with van der Waals surface area (Å²) in [5.74, 6) is 0.818. The lowest BCUT2D eigenvalue weighted by molar-refractivity contribution is -0.00435. The lowest BCUT2D eigenvalue weighted by Gasteiger charge is -2.31. The van der Waals surface area contributed by atoms with E-state index in [4.69, 9.17) is 4.74 Å². The molecule has 0 aromatic carbocycles. The highest BCUT2D eigenvalue weighted by molar-refractivity contribution is 5.04. The predicted octanol–water partition coefficient (Wildman–Crippen LogP) is 2.59. The number of nitrogens with one attached hydrogen (secondary N) is 1. The van der Waals surface area contributed by atoms with Crippen LogP contribution in [0.25, 0.3) is 0 Å². The smallest absolute Gasteiger partial charge is 0.100 e. The van der Waals surface area contributed by atoms with Crippen molar-refractivity contribution >= 4 is 0 Å². The molecule has 1 N–H and O–H groups in total. The van der Waals surface area contributed by atoms with Crippen molar-refractivity contribution in [1.82, 2.24) is 14.9 Å². The van der Waals surface area contributed by atoms with E-state index >= 15 is 0 Å². The number of nitrogens with zero attached hydrogens (tertiary/aromatic N) is 2. The van der Waals surface area contributed by atoms with Crippen LogP contribution < -0.4 is 5.32 Å². The van der Waals surface area contributed by atoms with Gasteiger partial charge in [0.1, 0.15) is 6.10 Å². The van der Waals surface area contributed by atoms with E-state index in [9.17, 15) is 0 Å². The van der Waals surface area contributed by atoms with Gasteiger partial charge in [-0.3, -0.25) is 0 Å². The molecule has 0 amide bonds. The van der Waals surface area contributed by atoms with Crippen molar-refractivity contribution in [3.63, 3.8) is 0 Å². The van der Waals surface area contributed by atoms with Crippen molar-refractivity contribution in [1.29, 1.82) is 0 Å². The first-order valence-corrected chi connectivity index (χ1v) is 7.79. The van der Waals surface area contributed by atoms with Gasteiger partial charge in [-0.1, -0.05) is 12.2 Å². The molecule has 0 unspecified atom stereocenters. The van der Waals surface area contributed by atoms with Gasteiger partial charge in [-0.25, -0.2) is 4.98 Å². The summed E-state index contributed by atoms with van der Waals surface area (Å²) in [6.45, 7) is 1.99. The summed E-state index contributed by atoms with van der Waals surface area (Å²) in [6.07, 6.45) is 14.6. The number of hydrogen-bond donors (Lipinski definition) is 1. The molecule has 1 saturated heterocycles. The van der Waals surface area contributed by atoms with Gasteiger partial charge < -0.3 is 14.6 Å². The van der Waals surface area contributed by atoms with Gasteiger partial charge in [0.2, 0.25) is 0 Å². The molecule has 4 nitrogen and oxygen atoms in total. The Balaban J connectivity index is 1.50. The highest BCUT2D eigenvalue weighted by Gasteiger charge is 2.26. The maximum atomic E-state index is 5.91. The summed E-state index contributed by atoms with van der Waals surface area (Å²) < 4.78 is 7.98. The molecule has 110 valence electrons. The van der Waals surface area contributed by atoms with Gasteiger partial charge in [-0.05, 0) is 44.6 Å². The molecule has 3 rings (SSSR count). The minimum Gasteiger partial charge on any atom is -0.372 e. The monoisotopic (exact) mass is 275 g/mol. The molecule has 20 heavy (non-hydrogen) atoms. The van der Waals surface area contributed by atoms with Crippen molar-refractivity contribution in [3.05, 3.63) is 30.4 Å². The second-order valence-corrected chi connectivity index (χ2v) is 6.07. The molecule has 2 heterocycles. The van der Waals surface area contributed by atoms with Crippen LogP contribution in [-0.2, 0) is 11.8 Å². The molecule has 0 spiro atoms. The fourth-order valence-corrected chi connectivity index (χ4v) is 3.24. The number of aromatic nitrogens is 2. The Morgan fingerprint density at radius 2 is 2.35 bits per heavy atom. The average molecular weight is 275 g/mol. The fraction of sp³-hybridized carbons (Fsp3) is 0.688. The van der Waals surface area contributed by atoms with Crippen LogP contribution >= 0.6 is 0 Å². The Hall–Kier alpha value is -1.13. The van der Waals surface area contributed by atoms with Crippen LogP contribution in [0.5, 0.6) is 0 Å². The molecular formula is C16H25N3O. The largest absolute Gasteiger partial charge is 0.372 e. The van der Waals surface area contributed by atoms with E-state index in [2.05, 4.69) is 27.0 Å². The maximum absolute atomic E-state index is 5.91. The van der Waals surface area contributed by atoms with E-state index in [1.54, 1.807) is 0 Å². The molecule has 0 bridgehead atoms. The van der Waals surface area contributed by atoms with Gasteiger partial charge >= 0.3 is 0 Å². The van der Waals surface area contributed by atoms with E-state index in [0.717, 1.165) is 31.9 Å². The van der Waals surface area contributed by atoms with Gasteiger partial charge in [0.05, 0.1) is 18.2 Å². The minimum absolute atomic E-state index is 0.194. The Bertz CT molecular complexity index is 454. The van der Waals surface area contributed by atoms with Crippen molar-refractivity contribution in [3.8, 4) is 0 Å². The Kier molecular flexibility index (Phi) is 4.53. The van der Waals surface area contributed by atoms with E-state index in [-0.39, 0.29) is 6.10 Å². The van der Waals surface area contributed by atoms with E-state index < -0.39 is 0 Å². The van der Waals surface area contributed by atoms with E-state index in [1.165, 1.54) is 25.0 Å². The maximum Gasteiger partial charge on any atom is 0.100 e. The van der Waals surface area contributed by atoms with Crippen molar-refractivity contribution in [2.45, 2.75) is 44.2 Å². The van der Waals surface area contributed by atoms with E-state index in [0.29, 0.717) is 6.04 Å². The van der Waals surface area contributed by atoms with E-state index in [1.807, 2.05) is 19.6 Å². The lowest BCUT2D eigenvalue weighted by Crippen LogP contribution is -2.39. The summed E-state index contributed by atoms with van der Waals surface area (Å²) in [5, 5.41) is 3.76. The van der Waals surface area contributed by atoms with Crippen LogP contribution in [0.4, 0.5) is 0 Å². The third-order valence-corrected chi connectivity index (χ3v) is 4.54. The summed E-state index contributed by atoms with van der Waals surface area (Å²) in [5.41, 5.74) is 1.19. The third kappa shape index (κ3) is 3.30. The molecule has 0 radical (unpaired) electrons. The first-order valence-electron chi connectivity index (χ1n) is 7.79. The highest BCUT2D eigenvalue weighted by atomic mass is 16.5. The second-order valence-electron chi connectivity index (χ2n) is 6.07. The topological polar surface area (TPSA) is 39.1 Å². The van der Waals surface area contributed by atoms with Crippen LogP contribution in [0.15, 0.2) is 24.7 Å². The van der Waals surface area contributed by atoms with Crippen LogP contribution in [0.1, 0.15) is 43.9 Å². The molecule has 3 atom stereocenters. The number of rotatable bonds is 4. The number of allylic oxidation sites excluding steroid dienone is 2. The van der Waals surface area contributed by atoms with Crippen LogP contribution in [0, 0.1) is 5.92 Å². The van der Waals surface area contributed by atoms with Gasteiger partial charge in [-0.15, -0.1) is 0 Å². The van der Waals surface area contributed by atoms with Crippen molar-refractivity contribution in [2.24, 2.45) is 13.0 Å². The fourth-order valence-electron chi connectivity index (χ4n) is 3.24. The average Bonchev–Trinajstić information content (AvgIpc) is 2.93. The SMILES string of the molecule is Cn1cncc1[C@@H]1C[C@H](NC[C@H]2CC=CCC2)CCO1. The van der Waals surface area contributed by atoms with Crippen LogP contribution in [-0.4, -0.2) is 28.7 Å². The zero-order valence-electron chi connectivity index (χ0n) is 12.3. The lowest BCUT2D eigenvalue weighted by atomic mass is 9.93. The minimum atomic E-state index is 0.194. The number of ether oxygens (including phenoxy) is 1. The normalized spacial score (nSPS) is 30.6. The first-order chi connectivity index (χ1) is 9.83. The quantitative estimate of drug-likeness (QED) is 0.858. The number of imidazole rings is 1. The molecule has 1 aromatic heterocycles. The molecule has 1 fully saturated rings. The van der Waals surface area contributed by atoms with Crippen LogP contribution in [0.2, 0.25) is 0 Å². The summed E-state index contributed by atoms with van der Waals surface area (Å²) in [7, 11) is 2.04. The molecule has 1 aromatic rings. The zero-order chi connectivity index (χ0) is 13.8. The predicted molar refractivity (Wildman–Crippen MR) is 79.4 cm³/mol. The van der Waals surface area contributed by atoms with Crippen molar-refractivity contribution < 1.29 is 4.74 Å². The molecule has 4 heteroatoms. The van der Waals surface area contributed by atoms with Gasteiger partial charge in [0.25, 0.3) is 0 Å². The standard InChI is InChI=1S/C16H25N3O/c1-19-12-17-11-15(19)16-9-14(7-8-20-16)18-10-13-5-3-2-4-6-13/h2-3,11-14,16,18H,4-10H2,1H3/t13-,14+,16-/m0/s1.